The molecule has 5 rings (SSSR count). The number of carbonyl (C=O) groups is 3. The number of methoxy groups -OCH3 is 1. The summed E-state index contributed by atoms with van der Waals surface area (Å²) in [5.41, 5.74) is 1.42. The number of hydrogen-bond donors (Lipinski definition) is 2. The first kappa shape index (κ1) is 28.3. The molecule has 0 aliphatic carbocycles. The Bertz CT molecular complexity index is 1490. The van der Waals surface area contributed by atoms with Crippen LogP contribution in [0.2, 0.25) is 0 Å². The Labute approximate surface area is 241 Å². The molecule has 0 spiro atoms. The third-order valence-corrected chi connectivity index (χ3v) is 8.25. The highest BCUT2D eigenvalue weighted by Gasteiger charge is 2.40. The van der Waals surface area contributed by atoms with Gasteiger partial charge in [0.05, 0.1) is 36.8 Å². The van der Waals surface area contributed by atoms with E-state index in [0.29, 0.717) is 38.4 Å². The number of rotatable bonds is 4. The summed E-state index contributed by atoms with van der Waals surface area (Å²) in [7, 11) is 1.39. The highest BCUT2D eigenvalue weighted by molar-refractivity contribution is 7.09. The van der Waals surface area contributed by atoms with Crippen LogP contribution < -0.4 is 20.2 Å². The molecule has 0 unspecified atom stereocenters. The van der Waals surface area contributed by atoms with Crippen LogP contribution >= 0.6 is 11.3 Å². The Balaban J connectivity index is 1.34. The number of H-pyrrole nitrogens is 1. The summed E-state index contributed by atoms with van der Waals surface area (Å²) in [6, 6.07) is 8.87. The summed E-state index contributed by atoms with van der Waals surface area (Å²) < 4.78 is 11.0. The number of pyridine rings is 1. The molecule has 216 valence electrons. The van der Waals surface area contributed by atoms with Gasteiger partial charge in [0.15, 0.2) is 5.75 Å². The van der Waals surface area contributed by atoms with E-state index in [1.165, 1.54) is 30.7 Å². The number of aryl methyl sites for hydroxylation is 1. The van der Waals surface area contributed by atoms with E-state index < -0.39 is 11.3 Å². The monoisotopic (exact) mass is 579 g/mol. The molecule has 2 aromatic heterocycles. The summed E-state index contributed by atoms with van der Waals surface area (Å²) in [5.74, 6) is -0.485. The number of nitrogens with zero attached hydrogens (tertiary/aromatic N) is 3. The van der Waals surface area contributed by atoms with E-state index in [9.17, 15) is 19.2 Å². The number of aromatic nitrogens is 2. The molecule has 3 amide bonds. The zero-order valence-corrected chi connectivity index (χ0v) is 23.9. The van der Waals surface area contributed by atoms with Gasteiger partial charge in [-0.2, -0.15) is 0 Å². The molecule has 1 fully saturated rings. The lowest BCUT2D eigenvalue weighted by Crippen LogP contribution is -2.42. The fourth-order valence-corrected chi connectivity index (χ4v) is 5.93. The first-order chi connectivity index (χ1) is 19.8. The topological polar surface area (TPSA) is 134 Å². The SMILES string of the molecule is COc1c[nH]c(C(=O)N2CCCOc3cccc(c3)[C@H]3CN(C(=O)Cc4csc(C)n4)C[C@@H]3C(=O)NCC2)cc1=O. The fraction of sp³-hybridized carbons (Fsp3) is 0.414. The molecule has 41 heavy (non-hydrogen) atoms. The van der Waals surface area contributed by atoms with Crippen molar-refractivity contribution >= 4 is 29.1 Å². The number of fused-ring (bicyclic) bond motifs is 4. The minimum atomic E-state index is -0.462. The van der Waals surface area contributed by atoms with Crippen molar-refractivity contribution in [3.05, 3.63) is 74.1 Å². The Hall–Kier alpha value is -4.19. The molecule has 2 bridgehead atoms. The summed E-state index contributed by atoms with van der Waals surface area (Å²) in [6.07, 6.45) is 2.11. The average Bonchev–Trinajstić information content (AvgIpc) is 3.60. The Morgan fingerprint density at radius 3 is 2.73 bits per heavy atom. The van der Waals surface area contributed by atoms with Crippen LogP contribution in [0.5, 0.6) is 11.5 Å². The zero-order valence-electron chi connectivity index (χ0n) is 23.1. The van der Waals surface area contributed by atoms with Crippen molar-refractivity contribution in [3.63, 3.8) is 0 Å². The molecule has 4 heterocycles. The van der Waals surface area contributed by atoms with Crippen molar-refractivity contribution in [2.75, 3.05) is 46.4 Å². The van der Waals surface area contributed by atoms with E-state index >= 15 is 0 Å². The lowest BCUT2D eigenvalue weighted by atomic mass is 9.88. The second-order valence-electron chi connectivity index (χ2n) is 10.2. The van der Waals surface area contributed by atoms with Gasteiger partial charge in [-0.1, -0.05) is 12.1 Å². The summed E-state index contributed by atoms with van der Waals surface area (Å²) >= 11 is 1.51. The van der Waals surface area contributed by atoms with Crippen LogP contribution in [-0.2, 0) is 16.0 Å². The molecule has 2 aliphatic rings. The van der Waals surface area contributed by atoms with E-state index in [1.807, 2.05) is 36.6 Å². The molecule has 12 heteroatoms. The largest absolute Gasteiger partial charge is 0.494 e. The third kappa shape index (κ3) is 6.59. The van der Waals surface area contributed by atoms with Crippen molar-refractivity contribution in [2.45, 2.75) is 25.7 Å². The maximum atomic E-state index is 13.5. The maximum Gasteiger partial charge on any atom is 0.270 e. The van der Waals surface area contributed by atoms with E-state index in [4.69, 9.17) is 9.47 Å². The van der Waals surface area contributed by atoms with Gasteiger partial charge in [-0.25, -0.2) is 4.98 Å². The molecular weight excluding hydrogens is 546 g/mol. The smallest absolute Gasteiger partial charge is 0.270 e. The number of nitrogens with one attached hydrogen (secondary N) is 2. The maximum absolute atomic E-state index is 13.5. The number of aromatic amines is 1. The van der Waals surface area contributed by atoms with E-state index in [0.717, 1.165) is 16.3 Å². The predicted molar refractivity (Wildman–Crippen MR) is 152 cm³/mol. The highest BCUT2D eigenvalue weighted by Crippen LogP contribution is 2.35. The quantitative estimate of drug-likeness (QED) is 0.483. The van der Waals surface area contributed by atoms with Crippen molar-refractivity contribution < 1.29 is 23.9 Å². The molecule has 1 aromatic carbocycles. The van der Waals surface area contributed by atoms with Crippen LogP contribution in [-0.4, -0.2) is 83.9 Å². The standard InChI is InChI=1S/C29H33N5O6S/c1-18-32-20(17-41-18)12-27(36)34-15-22-19-5-3-6-21(11-19)40-10-4-8-33(9-7-30-28(37)23(22)16-34)29(38)24-13-25(35)26(39-2)14-31-24/h3,5-6,11,13-14,17,22-23H,4,7-10,12,15-16H2,1-2H3,(H,30,37)(H,31,35)/t22-,23+/m1/s1. The van der Waals surface area contributed by atoms with Gasteiger partial charge in [0.25, 0.3) is 5.91 Å². The number of hydrogen-bond acceptors (Lipinski definition) is 8. The number of thiazole rings is 1. The Morgan fingerprint density at radius 2 is 1.98 bits per heavy atom. The van der Waals surface area contributed by atoms with Crippen LogP contribution in [0.1, 0.15) is 39.1 Å². The van der Waals surface area contributed by atoms with Crippen molar-refractivity contribution in [1.29, 1.82) is 0 Å². The predicted octanol–water partition coefficient (Wildman–Crippen LogP) is 1.97. The van der Waals surface area contributed by atoms with Gasteiger partial charge in [0.1, 0.15) is 11.4 Å². The number of amides is 3. The van der Waals surface area contributed by atoms with Crippen LogP contribution in [0.3, 0.4) is 0 Å². The molecule has 0 saturated carbocycles. The van der Waals surface area contributed by atoms with Gasteiger partial charge in [0, 0.05) is 56.3 Å². The molecule has 2 N–H and O–H groups in total. The zero-order chi connectivity index (χ0) is 28.9. The first-order valence-corrected chi connectivity index (χ1v) is 14.5. The molecule has 3 aromatic rings. The van der Waals surface area contributed by atoms with Gasteiger partial charge in [0.2, 0.25) is 17.2 Å². The number of likely N-dealkylation sites (tertiary alicyclic amines) is 1. The minimum absolute atomic E-state index is 0.0637. The second-order valence-corrected chi connectivity index (χ2v) is 11.2. The number of ether oxygens (including phenoxy) is 2. The van der Waals surface area contributed by atoms with Gasteiger partial charge in [-0.05, 0) is 31.0 Å². The van der Waals surface area contributed by atoms with Crippen LogP contribution in [0.15, 0.2) is 46.7 Å². The van der Waals surface area contributed by atoms with Crippen LogP contribution in [0.25, 0.3) is 0 Å². The van der Waals surface area contributed by atoms with Gasteiger partial charge in [-0.15, -0.1) is 11.3 Å². The lowest BCUT2D eigenvalue weighted by molar-refractivity contribution is -0.130. The van der Waals surface area contributed by atoms with E-state index in [-0.39, 0.29) is 54.6 Å². The van der Waals surface area contributed by atoms with E-state index in [1.54, 1.807) is 9.80 Å². The average molecular weight is 580 g/mol. The normalized spacial score (nSPS) is 19.5. The molecule has 2 atom stereocenters. The Morgan fingerprint density at radius 1 is 1.15 bits per heavy atom. The first-order valence-electron chi connectivity index (χ1n) is 13.6. The number of benzene rings is 1. The van der Waals surface area contributed by atoms with Crippen molar-refractivity contribution in [1.82, 2.24) is 25.1 Å². The lowest BCUT2D eigenvalue weighted by Gasteiger charge is -2.25. The van der Waals surface area contributed by atoms with Crippen LogP contribution in [0, 0.1) is 12.8 Å². The van der Waals surface area contributed by atoms with Gasteiger partial charge < -0.3 is 29.6 Å². The van der Waals surface area contributed by atoms with E-state index in [2.05, 4.69) is 15.3 Å². The molecule has 11 nitrogen and oxygen atoms in total. The van der Waals surface area contributed by atoms with Crippen molar-refractivity contribution in [2.24, 2.45) is 5.92 Å². The van der Waals surface area contributed by atoms with Gasteiger partial charge in [-0.3, -0.25) is 19.2 Å². The third-order valence-electron chi connectivity index (χ3n) is 7.43. The molecular formula is C29H33N5O6S. The Kier molecular flexibility index (Phi) is 8.67. The van der Waals surface area contributed by atoms with Gasteiger partial charge >= 0.3 is 0 Å². The summed E-state index contributed by atoms with van der Waals surface area (Å²) in [6.45, 7) is 3.83. The minimum Gasteiger partial charge on any atom is -0.494 e. The van der Waals surface area contributed by atoms with Crippen LogP contribution in [0.4, 0.5) is 0 Å². The highest BCUT2D eigenvalue weighted by atomic mass is 32.1. The summed E-state index contributed by atoms with van der Waals surface area (Å²) in [5, 5.41) is 5.79. The molecule has 1 saturated heterocycles. The molecule has 0 radical (unpaired) electrons. The molecule has 2 aliphatic heterocycles. The fourth-order valence-electron chi connectivity index (χ4n) is 5.32. The van der Waals surface area contributed by atoms with Crippen molar-refractivity contribution in [3.8, 4) is 11.5 Å². The number of carbonyl (C=O) groups excluding carboxylic acids is 3. The second kappa shape index (κ2) is 12.5. The summed E-state index contributed by atoms with van der Waals surface area (Å²) in [4.78, 5) is 62.8.